The zero-order valence-corrected chi connectivity index (χ0v) is 10.3. The molecule has 0 aliphatic carbocycles. The van der Waals surface area contributed by atoms with E-state index in [1.807, 2.05) is 0 Å². The molecule has 0 radical (unpaired) electrons. The van der Waals surface area contributed by atoms with Gasteiger partial charge in [-0.2, -0.15) is 0 Å². The molecule has 3 heteroatoms. The molecule has 0 saturated carbocycles. The van der Waals surface area contributed by atoms with Crippen molar-refractivity contribution in [2.75, 3.05) is 18.5 Å². The van der Waals surface area contributed by atoms with Crippen LogP contribution in [-0.4, -0.2) is 24.7 Å². The molecule has 0 spiro atoms. The topological polar surface area (TPSA) is 40.5 Å². The third kappa shape index (κ3) is 2.99. The van der Waals surface area contributed by atoms with Gasteiger partial charge in [0, 0.05) is 25.7 Å². The number of rotatable bonds is 4. The van der Waals surface area contributed by atoms with Gasteiger partial charge in [-0.05, 0) is 42.9 Å². The summed E-state index contributed by atoms with van der Waals surface area (Å²) in [4.78, 5) is 12.8. The second kappa shape index (κ2) is 5.21. The third-order valence-corrected chi connectivity index (χ3v) is 3.36. The Balaban J connectivity index is 2.04. The molecule has 0 fully saturated rings. The normalized spacial score (nSPS) is 14.5. The summed E-state index contributed by atoms with van der Waals surface area (Å²) in [7, 11) is 2.12. The lowest BCUT2D eigenvalue weighted by atomic mass is 9.98. The molecule has 92 valence electrons. The first-order valence-corrected chi connectivity index (χ1v) is 6.21. The van der Waals surface area contributed by atoms with Crippen LogP contribution in [-0.2, 0) is 17.6 Å². The minimum Gasteiger partial charge on any atom is -0.481 e. The average Bonchev–Trinajstić information content (AvgIpc) is 2.30. The van der Waals surface area contributed by atoms with Crippen LogP contribution in [0.15, 0.2) is 18.2 Å². The van der Waals surface area contributed by atoms with Crippen molar-refractivity contribution in [3.05, 3.63) is 29.3 Å². The second-order valence-corrected chi connectivity index (χ2v) is 4.74. The van der Waals surface area contributed by atoms with Gasteiger partial charge in [0.25, 0.3) is 0 Å². The van der Waals surface area contributed by atoms with Crippen molar-refractivity contribution in [2.45, 2.75) is 32.1 Å². The standard InChI is InChI=1S/C14H19NO2/c1-15-9-3-5-12-8-7-11(10-13(12)15)4-2-6-14(16)17/h7-8,10H,2-6,9H2,1H3,(H,16,17). The number of carbonyl (C=O) groups is 1. The molecular weight excluding hydrogens is 214 g/mol. The highest BCUT2D eigenvalue weighted by molar-refractivity contribution is 5.66. The lowest BCUT2D eigenvalue weighted by Crippen LogP contribution is -2.24. The summed E-state index contributed by atoms with van der Waals surface area (Å²) in [6.07, 6.45) is 4.22. The molecule has 17 heavy (non-hydrogen) atoms. The molecule has 1 aromatic carbocycles. The van der Waals surface area contributed by atoms with E-state index >= 15 is 0 Å². The van der Waals surface area contributed by atoms with Gasteiger partial charge in [0.2, 0.25) is 0 Å². The number of carboxylic acids is 1. The van der Waals surface area contributed by atoms with E-state index < -0.39 is 5.97 Å². The van der Waals surface area contributed by atoms with E-state index in [1.165, 1.54) is 23.2 Å². The highest BCUT2D eigenvalue weighted by Crippen LogP contribution is 2.27. The molecule has 3 nitrogen and oxygen atoms in total. The van der Waals surface area contributed by atoms with Crippen LogP contribution in [0.1, 0.15) is 30.4 Å². The van der Waals surface area contributed by atoms with Gasteiger partial charge >= 0.3 is 5.97 Å². The molecule has 1 aromatic rings. The molecule has 0 bridgehead atoms. The lowest BCUT2D eigenvalue weighted by molar-refractivity contribution is -0.137. The smallest absolute Gasteiger partial charge is 0.303 e. The van der Waals surface area contributed by atoms with E-state index in [1.54, 1.807) is 0 Å². The number of nitrogens with zero attached hydrogens (tertiary/aromatic N) is 1. The van der Waals surface area contributed by atoms with E-state index in [0.29, 0.717) is 0 Å². The Kier molecular flexibility index (Phi) is 3.67. The quantitative estimate of drug-likeness (QED) is 0.868. The summed E-state index contributed by atoms with van der Waals surface area (Å²) >= 11 is 0. The Hall–Kier alpha value is -1.51. The van der Waals surface area contributed by atoms with Crippen molar-refractivity contribution in [1.29, 1.82) is 0 Å². The zero-order chi connectivity index (χ0) is 12.3. The lowest BCUT2D eigenvalue weighted by Gasteiger charge is -2.28. The van der Waals surface area contributed by atoms with Gasteiger partial charge in [-0.3, -0.25) is 4.79 Å². The summed E-state index contributed by atoms with van der Waals surface area (Å²) in [5.41, 5.74) is 3.99. The molecule has 0 saturated heterocycles. The predicted octanol–water partition coefficient (Wildman–Crippen LogP) is 2.48. The number of hydrogen-bond donors (Lipinski definition) is 1. The minimum atomic E-state index is -0.708. The maximum absolute atomic E-state index is 10.5. The molecule has 1 heterocycles. The van der Waals surface area contributed by atoms with Crippen molar-refractivity contribution in [1.82, 2.24) is 0 Å². The van der Waals surface area contributed by atoms with Crippen molar-refractivity contribution < 1.29 is 9.90 Å². The van der Waals surface area contributed by atoms with E-state index in [2.05, 4.69) is 30.1 Å². The van der Waals surface area contributed by atoms with Gasteiger partial charge in [-0.15, -0.1) is 0 Å². The van der Waals surface area contributed by atoms with Crippen molar-refractivity contribution >= 4 is 11.7 Å². The van der Waals surface area contributed by atoms with Crippen LogP contribution < -0.4 is 4.90 Å². The molecule has 0 atom stereocenters. The van der Waals surface area contributed by atoms with Gasteiger partial charge in [0.15, 0.2) is 0 Å². The number of hydrogen-bond acceptors (Lipinski definition) is 2. The fourth-order valence-electron chi connectivity index (χ4n) is 2.40. The SMILES string of the molecule is CN1CCCc2ccc(CCCC(=O)O)cc21. The monoisotopic (exact) mass is 233 g/mol. The number of anilines is 1. The fraction of sp³-hybridized carbons (Fsp3) is 0.500. The summed E-state index contributed by atoms with van der Waals surface area (Å²) in [5, 5.41) is 8.62. The number of aliphatic carboxylic acids is 1. The van der Waals surface area contributed by atoms with Crippen LogP contribution in [0.3, 0.4) is 0 Å². The molecule has 0 amide bonds. The van der Waals surface area contributed by atoms with Crippen LogP contribution in [0.25, 0.3) is 0 Å². The van der Waals surface area contributed by atoms with Gasteiger partial charge in [0.1, 0.15) is 0 Å². The maximum atomic E-state index is 10.5. The molecule has 1 aliphatic rings. The fourth-order valence-corrected chi connectivity index (χ4v) is 2.40. The van der Waals surface area contributed by atoms with E-state index in [9.17, 15) is 4.79 Å². The summed E-state index contributed by atoms with van der Waals surface area (Å²) in [6, 6.07) is 6.55. The second-order valence-electron chi connectivity index (χ2n) is 4.74. The van der Waals surface area contributed by atoms with Crippen LogP contribution in [0.4, 0.5) is 5.69 Å². The molecule has 2 rings (SSSR count). The Bertz CT molecular complexity index is 415. The Morgan fingerprint density at radius 2 is 2.29 bits per heavy atom. The summed E-state index contributed by atoms with van der Waals surface area (Å²) in [5.74, 6) is -0.708. The number of aryl methyl sites for hydroxylation is 2. The van der Waals surface area contributed by atoms with Crippen LogP contribution in [0.5, 0.6) is 0 Å². The molecular formula is C14H19NO2. The number of benzene rings is 1. The van der Waals surface area contributed by atoms with Crippen LogP contribution in [0, 0.1) is 0 Å². The number of fused-ring (bicyclic) bond motifs is 1. The van der Waals surface area contributed by atoms with Crippen molar-refractivity contribution in [2.24, 2.45) is 0 Å². The Labute approximate surface area is 102 Å². The first-order chi connectivity index (χ1) is 8.16. The minimum absolute atomic E-state index is 0.257. The zero-order valence-electron chi connectivity index (χ0n) is 10.3. The maximum Gasteiger partial charge on any atom is 0.303 e. The Morgan fingerprint density at radius 1 is 1.47 bits per heavy atom. The molecule has 1 aliphatic heterocycles. The van der Waals surface area contributed by atoms with E-state index in [4.69, 9.17) is 5.11 Å². The summed E-state index contributed by atoms with van der Waals surface area (Å²) < 4.78 is 0. The first kappa shape index (κ1) is 12.0. The van der Waals surface area contributed by atoms with Gasteiger partial charge in [-0.1, -0.05) is 12.1 Å². The predicted molar refractivity (Wildman–Crippen MR) is 68.6 cm³/mol. The van der Waals surface area contributed by atoms with Crippen molar-refractivity contribution in [3.63, 3.8) is 0 Å². The summed E-state index contributed by atoms with van der Waals surface area (Å²) in [6.45, 7) is 1.12. The van der Waals surface area contributed by atoms with Gasteiger partial charge in [-0.25, -0.2) is 0 Å². The van der Waals surface area contributed by atoms with Crippen LogP contribution >= 0.6 is 0 Å². The largest absolute Gasteiger partial charge is 0.481 e. The van der Waals surface area contributed by atoms with E-state index in [-0.39, 0.29) is 6.42 Å². The number of carboxylic acid groups (broad SMARTS) is 1. The first-order valence-electron chi connectivity index (χ1n) is 6.21. The Morgan fingerprint density at radius 3 is 3.06 bits per heavy atom. The van der Waals surface area contributed by atoms with Gasteiger partial charge < -0.3 is 10.0 Å². The molecule has 0 aromatic heterocycles. The van der Waals surface area contributed by atoms with Gasteiger partial charge in [0.05, 0.1) is 0 Å². The van der Waals surface area contributed by atoms with E-state index in [0.717, 1.165) is 25.8 Å². The molecule has 1 N–H and O–H groups in total. The third-order valence-electron chi connectivity index (χ3n) is 3.36. The average molecular weight is 233 g/mol. The van der Waals surface area contributed by atoms with Crippen molar-refractivity contribution in [3.8, 4) is 0 Å². The van der Waals surface area contributed by atoms with Crippen LogP contribution in [0.2, 0.25) is 0 Å². The highest BCUT2D eigenvalue weighted by Gasteiger charge is 2.13. The molecule has 0 unspecified atom stereocenters. The highest BCUT2D eigenvalue weighted by atomic mass is 16.4.